The van der Waals surface area contributed by atoms with E-state index in [0.717, 1.165) is 10.9 Å². The predicted molar refractivity (Wildman–Crippen MR) is 62.5 cm³/mol. The van der Waals surface area contributed by atoms with Crippen molar-refractivity contribution in [2.24, 2.45) is 5.84 Å². The highest BCUT2D eigenvalue weighted by Gasteiger charge is 2.32. The fraction of sp³-hybridized carbons (Fsp3) is 0.250. The first-order valence-corrected chi connectivity index (χ1v) is 5.37. The molecule has 0 amide bonds. The van der Waals surface area contributed by atoms with Gasteiger partial charge in [-0.05, 0) is 23.8 Å². The summed E-state index contributed by atoms with van der Waals surface area (Å²) in [5.74, 6) is 5.19. The van der Waals surface area contributed by atoms with Gasteiger partial charge in [0.15, 0.2) is 0 Å². The van der Waals surface area contributed by atoms with Gasteiger partial charge in [0.05, 0.1) is 18.0 Å². The zero-order valence-corrected chi connectivity index (χ0v) is 9.41. The van der Waals surface area contributed by atoms with E-state index in [0.29, 0.717) is 5.56 Å². The van der Waals surface area contributed by atoms with Crippen molar-refractivity contribution >= 4 is 10.9 Å². The first-order valence-electron chi connectivity index (χ1n) is 5.37. The number of hydrogen-bond acceptors (Lipinski definition) is 3. The van der Waals surface area contributed by atoms with Crippen molar-refractivity contribution in [2.45, 2.75) is 18.6 Å². The molecule has 0 fully saturated rings. The van der Waals surface area contributed by atoms with E-state index in [4.69, 9.17) is 5.84 Å². The molecule has 0 bridgehead atoms. The number of nitrogens with two attached hydrogens (primary N) is 1. The van der Waals surface area contributed by atoms with Crippen LogP contribution in [0.15, 0.2) is 36.5 Å². The van der Waals surface area contributed by atoms with Crippen molar-refractivity contribution in [3.05, 3.63) is 42.1 Å². The van der Waals surface area contributed by atoms with E-state index in [9.17, 15) is 13.2 Å². The first kappa shape index (κ1) is 12.8. The summed E-state index contributed by atoms with van der Waals surface area (Å²) in [6.45, 7) is 0. The summed E-state index contributed by atoms with van der Waals surface area (Å²) in [5, 5.41) is 0.789. The van der Waals surface area contributed by atoms with Crippen LogP contribution in [0.3, 0.4) is 0 Å². The van der Waals surface area contributed by atoms with Crippen LogP contribution in [0.4, 0.5) is 13.2 Å². The maximum absolute atomic E-state index is 12.4. The number of aromatic nitrogens is 1. The van der Waals surface area contributed by atoms with Crippen molar-refractivity contribution in [1.29, 1.82) is 0 Å². The van der Waals surface area contributed by atoms with Gasteiger partial charge in [0.2, 0.25) is 0 Å². The summed E-state index contributed by atoms with van der Waals surface area (Å²) in [7, 11) is 0. The molecule has 0 aliphatic carbocycles. The molecule has 3 N–H and O–H groups in total. The molecule has 1 atom stereocenters. The van der Waals surface area contributed by atoms with E-state index in [-0.39, 0.29) is 0 Å². The van der Waals surface area contributed by atoms with Crippen LogP contribution < -0.4 is 11.3 Å². The molecule has 1 heterocycles. The summed E-state index contributed by atoms with van der Waals surface area (Å²) in [6.07, 6.45) is -3.63. The van der Waals surface area contributed by atoms with Gasteiger partial charge < -0.3 is 0 Å². The Kier molecular flexibility index (Phi) is 3.49. The molecule has 0 spiro atoms. The highest BCUT2D eigenvalue weighted by Crippen LogP contribution is 2.30. The molecular formula is C12H12F3N3. The van der Waals surface area contributed by atoms with Crippen molar-refractivity contribution in [2.75, 3.05) is 0 Å². The van der Waals surface area contributed by atoms with Gasteiger partial charge in [-0.15, -0.1) is 0 Å². The predicted octanol–water partition coefficient (Wildman–Crippen LogP) is 2.69. The number of alkyl halides is 3. The Morgan fingerprint density at radius 2 is 2.06 bits per heavy atom. The van der Waals surface area contributed by atoms with Crippen LogP contribution >= 0.6 is 0 Å². The summed E-state index contributed by atoms with van der Waals surface area (Å²) < 4.78 is 37.2. The van der Waals surface area contributed by atoms with Crippen LogP contribution in [0.25, 0.3) is 10.9 Å². The highest BCUT2D eigenvalue weighted by molar-refractivity contribution is 5.79. The van der Waals surface area contributed by atoms with Crippen LogP contribution in [-0.2, 0) is 0 Å². The zero-order chi connectivity index (χ0) is 13.2. The Balaban J connectivity index is 2.33. The minimum absolute atomic E-state index is 0.496. The second-order valence-electron chi connectivity index (χ2n) is 3.99. The summed E-state index contributed by atoms with van der Waals surface area (Å²) in [5.41, 5.74) is 3.43. The first-order chi connectivity index (χ1) is 8.49. The number of rotatable bonds is 3. The van der Waals surface area contributed by atoms with Crippen molar-refractivity contribution < 1.29 is 13.2 Å². The molecule has 1 unspecified atom stereocenters. The van der Waals surface area contributed by atoms with E-state index in [1.54, 1.807) is 36.5 Å². The van der Waals surface area contributed by atoms with Crippen LogP contribution in [0, 0.1) is 0 Å². The van der Waals surface area contributed by atoms with Gasteiger partial charge in [-0.1, -0.05) is 12.1 Å². The topological polar surface area (TPSA) is 50.9 Å². The monoisotopic (exact) mass is 255 g/mol. The fourth-order valence-corrected chi connectivity index (χ4v) is 1.82. The maximum Gasteiger partial charge on any atom is 0.390 e. The van der Waals surface area contributed by atoms with Gasteiger partial charge >= 0.3 is 6.18 Å². The summed E-state index contributed by atoms with van der Waals surface area (Å²) in [6, 6.07) is 7.54. The normalized spacial score (nSPS) is 13.8. The third-order valence-corrected chi connectivity index (χ3v) is 2.67. The Morgan fingerprint density at radius 1 is 1.28 bits per heavy atom. The molecule has 18 heavy (non-hydrogen) atoms. The Morgan fingerprint density at radius 3 is 2.72 bits per heavy atom. The van der Waals surface area contributed by atoms with Crippen molar-refractivity contribution in [1.82, 2.24) is 10.4 Å². The molecule has 96 valence electrons. The smallest absolute Gasteiger partial charge is 0.271 e. The lowest BCUT2D eigenvalue weighted by atomic mass is 10.0. The molecule has 2 aromatic rings. The number of nitrogens with zero attached hydrogens (tertiary/aromatic N) is 1. The molecular weight excluding hydrogens is 243 g/mol. The van der Waals surface area contributed by atoms with Gasteiger partial charge in [-0.2, -0.15) is 13.2 Å². The molecule has 0 saturated carbocycles. The van der Waals surface area contributed by atoms with Gasteiger partial charge in [0.1, 0.15) is 0 Å². The number of halogens is 3. The molecule has 6 heteroatoms. The van der Waals surface area contributed by atoms with E-state index < -0.39 is 18.6 Å². The maximum atomic E-state index is 12.4. The lowest BCUT2D eigenvalue weighted by Crippen LogP contribution is -2.31. The number of benzene rings is 1. The second-order valence-corrected chi connectivity index (χ2v) is 3.99. The zero-order valence-electron chi connectivity index (χ0n) is 9.41. The van der Waals surface area contributed by atoms with Crippen LogP contribution in [0.5, 0.6) is 0 Å². The van der Waals surface area contributed by atoms with Crippen molar-refractivity contribution in [3.63, 3.8) is 0 Å². The molecule has 0 aliphatic rings. The van der Waals surface area contributed by atoms with Gasteiger partial charge in [0.25, 0.3) is 0 Å². The quantitative estimate of drug-likeness (QED) is 0.655. The fourth-order valence-electron chi connectivity index (χ4n) is 1.82. The second kappa shape index (κ2) is 4.91. The van der Waals surface area contributed by atoms with Crippen LogP contribution in [0.2, 0.25) is 0 Å². The molecule has 2 rings (SSSR count). The van der Waals surface area contributed by atoms with E-state index in [2.05, 4.69) is 10.4 Å². The lowest BCUT2D eigenvalue weighted by Gasteiger charge is -2.18. The highest BCUT2D eigenvalue weighted by atomic mass is 19.4. The lowest BCUT2D eigenvalue weighted by molar-refractivity contribution is -0.140. The largest absolute Gasteiger partial charge is 0.390 e. The number of hydrogen-bond donors (Lipinski definition) is 2. The van der Waals surface area contributed by atoms with Crippen LogP contribution in [-0.4, -0.2) is 11.2 Å². The average molecular weight is 255 g/mol. The summed E-state index contributed by atoms with van der Waals surface area (Å²) >= 11 is 0. The number of nitrogens with one attached hydrogen (secondary N) is 1. The Hall–Kier alpha value is -1.66. The standard InChI is InChI=1S/C12H12F3N3/c13-12(14,15)7-11(18-16)9-3-4-10-8(6-9)2-1-5-17-10/h1-6,11,18H,7,16H2. The average Bonchev–Trinajstić information content (AvgIpc) is 2.34. The molecule has 0 saturated heterocycles. The third-order valence-electron chi connectivity index (χ3n) is 2.67. The molecule has 0 radical (unpaired) electrons. The third kappa shape index (κ3) is 2.96. The Bertz CT molecular complexity index is 539. The van der Waals surface area contributed by atoms with Gasteiger partial charge in [-0.3, -0.25) is 16.3 Å². The Labute approximate surface area is 102 Å². The molecule has 0 aliphatic heterocycles. The van der Waals surface area contributed by atoms with Gasteiger partial charge in [-0.25, -0.2) is 0 Å². The molecule has 1 aromatic carbocycles. The number of fused-ring (bicyclic) bond motifs is 1. The number of hydrazine groups is 1. The molecule has 1 aromatic heterocycles. The van der Waals surface area contributed by atoms with Gasteiger partial charge in [0, 0.05) is 11.6 Å². The van der Waals surface area contributed by atoms with E-state index >= 15 is 0 Å². The number of pyridine rings is 1. The minimum Gasteiger partial charge on any atom is -0.271 e. The minimum atomic E-state index is -4.26. The van der Waals surface area contributed by atoms with Crippen molar-refractivity contribution in [3.8, 4) is 0 Å². The molecule has 3 nitrogen and oxygen atoms in total. The van der Waals surface area contributed by atoms with E-state index in [1.807, 2.05) is 0 Å². The SMILES string of the molecule is NNC(CC(F)(F)F)c1ccc2ncccc2c1. The van der Waals surface area contributed by atoms with Crippen LogP contribution in [0.1, 0.15) is 18.0 Å². The summed E-state index contributed by atoms with van der Waals surface area (Å²) in [4.78, 5) is 4.11. The van der Waals surface area contributed by atoms with E-state index in [1.165, 1.54) is 0 Å².